The number of hydrogen-bond donors (Lipinski definition) is 3. The zero-order chi connectivity index (χ0) is 23.8. The van der Waals surface area contributed by atoms with Crippen LogP contribution in [0.3, 0.4) is 0 Å². The van der Waals surface area contributed by atoms with Gasteiger partial charge in [-0.3, -0.25) is 10.3 Å². The van der Waals surface area contributed by atoms with Crippen LogP contribution >= 0.6 is 11.6 Å². The fourth-order valence-electron chi connectivity index (χ4n) is 3.71. The molecule has 4 heterocycles. The highest BCUT2D eigenvalue weighted by Crippen LogP contribution is 2.31. The lowest BCUT2D eigenvalue weighted by atomic mass is 10.0. The number of nitrogens with one attached hydrogen (secondary N) is 1. The van der Waals surface area contributed by atoms with Gasteiger partial charge in [-0.2, -0.15) is 13.2 Å². The minimum absolute atomic E-state index is 0.0280. The van der Waals surface area contributed by atoms with Crippen molar-refractivity contribution in [1.82, 2.24) is 14.9 Å². The fraction of sp³-hybridized carbons (Fsp3) is 0.381. The van der Waals surface area contributed by atoms with Gasteiger partial charge in [0.15, 0.2) is 0 Å². The summed E-state index contributed by atoms with van der Waals surface area (Å²) in [6.45, 7) is 1.22. The number of halogens is 4. The number of aliphatic hydroxyl groups excluding tert-OH is 2. The van der Waals surface area contributed by atoms with Gasteiger partial charge in [-0.1, -0.05) is 17.7 Å². The Morgan fingerprint density at radius 1 is 1.15 bits per heavy atom. The average Bonchev–Trinajstić information content (AvgIpc) is 3.12. The van der Waals surface area contributed by atoms with E-state index < -0.39 is 30.0 Å². The maximum Gasteiger partial charge on any atom is 0.417 e. The predicted octanol–water partition coefficient (Wildman–Crippen LogP) is 3.01. The fourth-order valence-corrected chi connectivity index (χ4v) is 3.99. The monoisotopic (exact) mass is 483 g/mol. The van der Waals surface area contributed by atoms with Gasteiger partial charge in [0.1, 0.15) is 5.82 Å². The molecular formula is C21H21ClF3N5O3. The van der Waals surface area contributed by atoms with Crippen LogP contribution in [-0.2, 0) is 6.18 Å². The number of nitrogens with zero attached hydrogens (tertiary/aromatic N) is 4. The standard InChI is InChI=1S/C21H21ClF3N5O3/c22-15-7-14(30-10-16(31)17(32)11-30)9-27-19(15)12-3-5-29(6-4-12)20(33)28-18-2-1-13(8-26-18)21(23,24)25/h1-3,7-9,16-17,31-32H,4-6,10-11H2,(H,26,28,33). The second-order valence-electron chi connectivity index (χ2n) is 7.85. The van der Waals surface area contributed by atoms with Crippen molar-refractivity contribution in [1.29, 1.82) is 0 Å². The number of aliphatic hydroxyl groups is 2. The summed E-state index contributed by atoms with van der Waals surface area (Å²) in [7, 11) is 0. The second kappa shape index (κ2) is 9.16. The van der Waals surface area contributed by atoms with Crippen molar-refractivity contribution in [2.24, 2.45) is 0 Å². The molecule has 2 aliphatic rings. The molecule has 2 aliphatic heterocycles. The highest BCUT2D eigenvalue weighted by molar-refractivity contribution is 6.32. The van der Waals surface area contributed by atoms with E-state index >= 15 is 0 Å². The summed E-state index contributed by atoms with van der Waals surface area (Å²) in [6, 6.07) is 3.22. The zero-order valence-electron chi connectivity index (χ0n) is 17.3. The largest absolute Gasteiger partial charge is 0.417 e. The topological polar surface area (TPSA) is 102 Å². The molecule has 0 bridgehead atoms. The lowest BCUT2D eigenvalue weighted by molar-refractivity contribution is -0.137. The molecule has 2 amide bonds. The molecule has 0 saturated carbocycles. The van der Waals surface area contributed by atoms with Gasteiger partial charge in [0.2, 0.25) is 0 Å². The highest BCUT2D eigenvalue weighted by Gasteiger charge is 2.31. The van der Waals surface area contributed by atoms with Gasteiger partial charge in [-0.25, -0.2) is 9.78 Å². The van der Waals surface area contributed by atoms with Gasteiger partial charge >= 0.3 is 12.2 Å². The van der Waals surface area contributed by atoms with Crippen molar-refractivity contribution < 1.29 is 28.2 Å². The van der Waals surface area contributed by atoms with Crippen molar-refractivity contribution in [3.63, 3.8) is 0 Å². The number of aromatic nitrogens is 2. The van der Waals surface area contributed by atoms with Crippen molar-refractivity contribution in [3.05, 3.63) is 52.9 Å². The highest BCUT2D eigenvalue weighted by atomic mass is 35.5. The van der Waals surface area contributed by atoms with E-state index in [2.05, 4.69) is 15.3 Å². The Bertz CT molecular complexity index is 1050. The van der Waals surface area contributed by atoms with Crippen LogP contribution in [0.1, 0.15) is 17.7 Å². The smallest absolute Gasteiger partial charge is 0.389 e. The Kier molecular flexibility index (Phi) is 6.46. The quantitative estimate of drug-likeness (QED) is 0.620. The van der Waals surface area contributed by atoms with Crippen LogP contribution in [0.2, 0.25) is 5.02 Å². The van der Waals surface area contributed by atoms with Crippen LogP contribution in [0.4, 0.5) is 29.5 Å². The molecule has 2 atom stereocenters. The molecule has 2 aromatic rings. The van der Waals surface area contributed by atoms with Gasteiger partial charge in [0, 0.05) is 32.4 Å². The Labute approximate surface area is 192 Å². The van der Waals surface area contributed by atoms with Crippen LogP contribution in [0.15, 0.2) is 36.7 Å². The Morgan fingerprint density at radius 3 is 2.42 bits per heavy atom. The number of carbonyl (C=O) groups is 1. The summed E-state index contributed by atoms with van der Waals surface area (Å²) in [5.41, 5.74) is 1.26. The average molecular weight is 484 g/mol. The Balaban J connectivity index is 1.38. The number of amides is 2. The molecule has 1 fully saturated rings. The molecule has 2 unspecified atom stereocenters. The van der Waals surface area contributed by atoms with E-state index in [9.17, 15) is 28.2 Å². The molecule has 12 heteroatoms. The number of anilines is 2. The van der Waals surface area contributed by atoms with E-state index in [1.54, 1.807) is 17.2 Å². The molecule has 0 aromatic carbocycles. The number of alkyl halides is 3. The molecule has 0 spiro atoms. The summed E-state index contributed by atoms with van der Waals surface area (Å²) in [5.74, 6) is 0.0280. The second-order valence-corrected chi connectivity index (χ2v) is 8.26. The van der Waals surface area contributed by atoms with Crippen molar-refractivity contribution in [3.8, 4) is 0 Å². The van der Waals surface area contributed by atoms with Gasteiger partial charge in [0.05, 0.1) is 40.4 Å². The first-order valence-corrected chi connectivity index (χ1v) is 10.5. The van der Waals surface area contributed by atoms with E-state index in [0.717, 1.165) is 17.7 Å². The number of pyridine rings is 2. The molecule has 176 valence electrons. The van der Waals surface area contributed by atoms with Gasteiger partial charge in [-0.05, 0) is 30.2 Å². The third kappa shape index (κ3) is 5.21. The van der Waals surface area contributed by atoms with Gasteiger partial charge in [-0.15, -0.1) is 0 Å². The Morgan fingerprint density at radius 2 is 1.88 bits per heavy atom. The summed E-state index contributed by atoms with van der Waals surface area (Å²) in [5, 5.41) is 22.4. The molecule has 8 nitrogen and oxygen atoms in total. The third-order valence-electron chi connectivity index (χ3n) is 5.58. The summed E-state index contributed by atoms with van der Waals surface area (Å²) >= 11 is 6.43. The molecule has 1 saturated heterocycles. The minimum atomic E-state index is -4.49. The number of rotatable bonds is 3. The van der Waals surface area contributed by atoms with E-state index in [4.69, 9.17) is 11.6 Å². The lowest BCUT2D eigenvalue weighted by Crippen LogP contribution is -2.38. The normalized spacial score (nSPS) is 21.2. The first-order valence-electron chi connectivity index (χ1n) is 10.2. The van der Waals surface area contributed by atoms with E-state index in [0.29, 0.717) is 48.7 Å². The van der Waals surface area contributed by atoms with Crippen molar-refractivity contribution in [2.75, 3.05) is 36.4 Å². The number of hydrogen-bond acceptors (Lipinski definition) is 6. The molecule has 0 radical (unpaired) electrons. The molecule has 2 aromatic heterocycles. The van der Waals surface area contributed by atoms with Crippen LogP contribution in [0, 0.1) is 0 Å². The molecule has 3 N–H and O–H groups in total. The van der Waals surface area contributed by atoms with E-state index in [1.807, 2.05) is 6.08 Å². The van der Waals surface area contributed by atoms with Crippen LogP contribution in [-0.4, -0.2) is 69.5 Å². The summed E-state index contributed by atoms with van der Waals surface area (Å²) in [6.07, 6.45) is -1.53. The zero-order valence-corrected chi connectivity index (χ0v) is 18.0. The number of carbonyl (C=O) groups excluding carboxylic acids is 1. The molecule has 33 heavy (non-hydrogen) atoms. The third-order valence-corrected chi connectivity index (χ3v) is 5.87. The van der Waals surface area contributed by atoms with Crippen molar-refractivity contribution >= 4 is 34.7 Å². The Hall–Kier alpha value is -2.89. The maximum absolute atomic E-state index is 12.6. The van der Waals surface area contributed by atoms with Gasteiger partial charge < -0.3 is 20.0 Å². The van der Waals surface area contributed by atoms with Crippen LogP contribution in [0.25, 0.3) is 5.57 Å². The summed E-state index contributed by atoms with van der Waals surface area (Å²) < 4.78 is 37.9. The predicted molar refractivity (Wildman–Crippen MR) is 116 cm³/mol. The number of urea groups is 1. The van der Waals surface area contributed by atoms with Crippen LogP contribution < -0.4 is 10.2 Å². The maximum atomic E-state index is 12.6. The lowest BCUT2D eigenvalue weighted by Gasteiger charge is -2.27. The first kappa shape index (κ1) is 23.3. The minimum Gasteiger partial charge on any atom is -0.389 e. The van der Waals surface area contributed by atoms with Crippen LogP contribution in [0.5, 0.6) is 0 Å². The SMILES string of the molecule is O=C(Nc1ccc(C(F)(F)F)cn1)N1CC=C(c2ncc(N3CC(O)C(O)C3)cc2Cl)CC1. The first-order chi connectivity index (χ1) is 15.6. The van der Waals surface area contributed by atoms with E-state index in [-0.39, 0.29) is 12.4 Å². The van der Waals surface area contributed by atoms with E-state index in [1.165, 1.54) is 4.90 Å². The molecule has 4 rings (SSSR count). The molecular weight excluding hydrogens is 463 g/mol. The molecule has 0 aliphatic carbocycles. The van der Waals surface area contributed by atoms with Crippen molar-refractivity contribution in [2.45, 2.75) is 24.8 Å². The summed E-state index contributed by atoms with van der Waals surface area (Å²) in [4.78, 5) is 23.8. The number of β-amino-alcohol motifs (C(OH)–C–C–N with tert-alkyl or cyclic N) is 2. The van der Waals surface area contributed by atoms with Gasteiger partial charge in [0.25, 0.3) is 0 Å².